The molecule has 0 spiro atoms. The topological polar surface area (TPSA) is 207 Å². The molecule has 13 nitrogen and oxygen atoms in total. The van der Waals surface area contributed by atoms with Crippen LogP contribution in [0.2, 0.25) is 0 Å². The molecule has 9 N–H and O–H groups in total. The molecule has 6 atom stereocenters. The summed E-state index contributed by atoms with van der Waals surface area (Å²) in [7, 11) is 0. The highest BCUT2D eigenvalue weighted by Gasteiger charge is 2.45. The van der Waals surface area contributed by atoms with Crippen molar-refractivity contribution in [2.75, 3.05) is 18.8 Å². The summed E-state index contributed by atoms with van der Waals surface area (Å²) >= 11 is 0. The molecule has 0 radical (unpaired) electrons. The van der Waals surface area contributed by atoms with Crippen molar-refractivity contribution < 1.29 is 24.9 Å². The SMILES string of the molecule is Nc1ncnc2c1ncn2[C@@H]1O[C@H](C[C@H](CC[C@H](N)C(=O)O)NCCNCc2ccccc2)[C@H](O)[C@@H]1O. The molecule has 0 bridgehead atoms. The van der Waals surface area contributed by atoms with E-state index in [0.717, 1.165) is 6.54 Å². The number of fused-ring (bicyclic) bond motifs is 1. The van der Waals surface area contributed by atoms with E-state index < -0.39 is 36.6 Å². The molecular formula is C24H34N8O5. The zero-order valence-electron chi connectivity index (χ0n) is 20.3. The van der Waals surface area contributed by atoms with E-state index in [1.54, 1.807) is 0 Å². The molecule has 1 aliphatic heterocycles. The van der Waals surface area contributed by atoms with Crippen LogP contribution < -0.4 is 22.1 Å². The number of aliphatic hydroxyl groups is 2. The number of carbonyl (C=O) groups is 1. The van der Waals surface area contributed by atoms with Crippen molar-refractivity contribution in [3.8, 4) is 0 Å². The Morgan fingerprint density at radius 3 is 2.65 bits per heavy atom. The highest BCUT2D eigenvalue weighted by Crippen LogP contribution is 2.34. The molecule has 1 saturated heterocycles. The Balaban J connectivity index is 1.37. The number of hydrogen-bond acceptors (Lipinski definition) is 11. The van der Waals surface area contributed by atoms with E-state index in [-0.39, 0.29) is 18.3 Å². The number of anilines is 1. The first-order valence-corrected chi connectivity index (χ1v) is 12.3. The van der Waals surface area contributed by atoms with Crippen LogP contribution in [-0.2, 0) is 16.1 Å². The van der Waals surface area contributed by atoms with Gasteiger partial charge in [-0.05, 0) is 24.8 Å². The van der Waals surface area contributed by atoms with Crippen LogP contribution in [0.15, 0.2) is 43.0 Å². The van der Waals surface area contributed by atoms with Crippen LogP contribution in [0.5, 0.6) is 0 Å². The third-order valence-electron chi connectivity index (χ3n) is 6.57. The van der Waals surface area contributed by atoms with E-state index in [4.69, 9.17) is 16.2 Å². The molecule has 0 amide bonds. The van der Waals surface area contributed by atoms with Gasteiger partial charge in [0.25, 0.3) is 0 Å². The molecule has 2 aromatic heterocycles. The van der Waals surface area contributed by atoms with Gasteiger partial charge in [0.05, 0.1) is 12.4 Å². The summed E-state index contributed by atoms with van der Waals surface area (Å²) in [6.45, 7) is 2.01. The number of imidazole rings is 1. The lowest BCUT2D eigenvalue weighted by Gasteiger charge is -2.24. The number of ether oxygens (including phenoxy) is 1. The first-order valence-electron chi connectivity index (χ1n) is 12.3. The van der Waals surface area contributed by atoms with Crippen LogP contribution >= 0.6 is 0 Å². The van der Waals surface area contributed by atoms with Crippen molar-refractivity contribution in [3.05, 3.63) is 48.5 Å². The summed E-state index contributed by atoms with van der Waals surface area (Å²) in [6, 6.07) is 8.83. The van der Waals surface area contributed by atoms with E-state index in [1.807, 2.05) is 30.3 Å². The Bertz CT molecular complexity index is 1160. The average molecular weight is 515 g/mol. The third kappa shape index (κ3) is 6.57. The van der Waals surface area contributed by atoms with Crippen molar-refractivity contribution in [2.45, 2.75) is 62.4 Å². The van der Waals surface area contributed by atoms with Crippen molar-refractivity contribution in [1.29, 1.82) is 0 Å². The normalized spacial score (nSPS) is 23.3. The highest BCUT2D eigenvalue weighted by molar-refractivity contribution is 5.81. The fraction of sp³-hybridized carbons (Fsp3) is 0.500. The maximum absolute atomic E-state index is 11.2. The molecular weight excluding hydrogens is 480 g/mol. The van der Waals surface area contributed by atoms with E-state index in [9.17, 15) is 20.1 Å². The lowest BCUT2D eigenvalue weighted by molar-refractivity contribution is -0.138. The second kappa shape index (κ2) is 12.4. The Hall–Kier alpha value is -3.20. The number of nitrogen functional groups attached to an aromatic ring is 1. The smallest absolute Gasteiger partial charge is 0.320 e. The summed E-state index contributed by atoms with van der Waals surface area (Å²) in [5, 5.41) is 37.5. The van der Waals surface area contributed by atoms with E-state index >= 15 is 0 Å². The summed E-state index contributed by atoms with van der Waals surface area (Å²) in [5.74, 6) is -0.864. The van der Waals surface area contributed by atoms with Crippen LogP contribution in [0.3, 0.4) is 0 Å². The fourth-order valence-corrected chi connectivity index (χ4v) is 4.49. The van der Waals surface area contributed by atoms with Gasteiger partial charge in [0.15, 0.2) is 17.7 Å². The maximum atomic E-state index is 11.2. The molecule has 4 rings (SSSR count). The summed E-state index contributed by atoms with van der Waals surface area (Å²) in [4.78, 5) is 23.5. The molecule has 1 fully saturated rings. The van der Waals surface area contributed by atoms with Crippen LogP contribution in [0.25, 0.3) is 11.2 Å². The second-order valence-corrected chi connectivity index (χ2v) is 9.20. The molecule has 0 saturated carbocycles. The Kier molecular flexibility index (Phi) is 8.97. The molecule has 3 aromatic rings. The molecule has 1 aliphatic rings. The third-order valence-corrected chi connectivity index (χ3v) is 6.57. The number of carboxylic acids is 1. The standard InChI is InChI=1S/C24H34N8O5/c25-16(24(35)36)7-6-15(28-9-8-27-11-14-4-2-1-3-5-14)10-17-19(33)20(34)23(37-17)32-13-31-18-21(26)29-12-30-22(18)32/h1-5,12-13,15-17,19-20,23,27-28,33-34H,6-11,25H2,(H,35,36)(H2,26,29,30)/t15-,16-,17+,19-,20-,23+/m0/s1. The van der Waals surface area contributed by atoms with Gasteiger partial charge in [0.1, 0.15) is 30.1 Å². The van der Waals surface area contributed by atoms with Gasteiger partial charge >= 0.3 is 5.97 Å². The number of nitrogens with zero attached hydrogens (tertiary/aromatic N) is 4. The number of hydrogen-bond donors (Lipinski definition) is 7. The van der Waals surface area contributed by atoms with Crippen molar-refractivity contribution >= 4 is 23.0 Å². The fourth-order valence-electron chi connectivity index (χ4n) is 4.49. The molecule has 13 heteroatoms. The molecule has 0 aliphatic carbocycles. The molecule has 1 aromatic carbocycles. The Morgan fingerprint density at radius 1 is 1.11 bits per heavy atom. The summed E-state index contributed by atoms with van der Waals surface area (Å²) < 4.78 is 7.59. The largest absolute Gasteiger partial charge is 0.480 e. The number of carboxylic acid groups (broad SMARTS) is 1. The predicted molar refractivity (Wildman–Crippen MR) is 135 cm³/mol. The average Bonchev–Trinajstić information content (AvgIpc) is 3.44. The number of aliphatic carboxylic acids is 1. The monoisotopic (exact) mass is 514 g/mol. The summed E-state index contributed by atoms with van der Waals surface area (Å²) in [6.07, 6.45) is -0.256. The van der Waals surface area contributed by atoms with E-state index in [1.165, 1.54) is 22.8 Å². The number of nitrogens with one attached hydrogen (secondary N) is 2. The number of aromatic nitrogens is 4. The Morgan fingerprint density at radius 2 is 1.89 bits per heavy atom. The van der Waals surface area contributed by atoms with Gasteiger partial charge in [-0.2, -0.15) is 0 Å². The number of nitrogens with two attached hydrogens (primary N) is 2. The van der Waals surface area contributed by atoms with Gasteiger partial charge in [-0.1, -0.05) is 30.3 Å². The quantitative estimate of drug-likeness (QED) is 0.142. The zero-order chi connectivity index (χ0) is 26.4. The Labute approximate surface area is 213 Å². The number of benzene rings is 1. The van der Waals surface area contributed by atoms with Gasteiger partial charge in [0, 0.05) is 25.7 Å². The van der Waals surface area contributed by atoms with Crippen LogP contribution in [0.4, 0.5) is 5.82 Å². The minimum atomic E-state index is -1.23. The van der Waals surface area contributed by atoms with Crippen molar-refractivity contribution in [2.24, 2.45) is 5.73 Å². The van der Waals surface area contributed by atoms with Crippen molar-refractivity contribution in [3.63, 3.8) is 0 Å². The maximum Gasteiger partial charge on any atom is 0.320 e. The first kappa shape index (κ1) is 26.9. The summed E-state index contributed by atoms with van der Waals surface area (Å²) in [5.41, 5.74) is 13.5. The minimum absolute atomic E-state index is 0.202. The predicted octanol–water partition coefficient (Wildman–Crippen LogP) is -0.642. The van der Waals surface area contributed by atoms with Crippen LogP contribution in [0.1, 0.15) is 31.1 Å². The van der Waals surface area contributed by atoms with Gasteiger partial charge in [-0.15, -0.1) is 0 Å². The molecule has 200 valence electrons. The molecule has 0 unspecified atom stereocenters. The van der Waals surface area contributed by atoms with Crippen LogP contribution in [0, 0.1) is 0 Å². The molecule has 3 heterocycles. The van der Waals surface area contributed by atoms with Crippen LogP contribution in [-0.4, -0.2) is 84.3 Å². The highest BCUT2D eigenvalue weighted by atomic mass is 16.6. The molecule has 37 heavy (non-hydrogen) atoms. The minimum Gasteiger partial charge on any atom is -0.480 e. The number of rotatable bonds is 13. The van der Waals surface area contributed by atoms with E-state index in [0.29, 0.717) is 37.1 Å². The van der Waals surface area contributed by atoms with Gasteiger partial charge in [0.2, 0.25) is 0 Å². The second-order valence-electron chi connectivity index (χ2n) is 9.20. The lowest BCUT2D eigenvalue weighted by Crippen LogP contribution is -2.41. The van der Waals surface area contributed by atoms with Gasteiger partial charge in [-0.3, -0.25) is 9.36 Å². The van der Waals surface area contributed by atoms with E-state index in [2.05, 4.69) is 25.6 Å². The van der Waals surface area contributed by atoms with Gasteiger partial charge in [-0.25, -0.2) is 15.0 Å². The van der Waals surface area contributed by atoms with Gasteiger partial charge < -0.3 is 42.2 Å². The first-order chi connectivity index (χ1) is 17.8. The van der Waals surface area contributed by atoms with Crippen molar-refractivity contribution in [1.82, 2.24) is 30.2 Å². The lowest BCUT2D eigenvalue weighted by atomic mass is 9.98. The number of aliphatic hydroxyl groups excluding tert-OH is 2. The zero-order valence-corrected chi connectivity index (χ0v) is 20.3.